The summed E-state index contributed by atoms with van der Waals surface area (Å²) in [7, 11) is 0. The Bertz CT molecular complexity index is 847. The van der Waals surface area contributed by atoms with Gasteiger partial charge >= 0.3 is 0 Å². The van der Waals surface area contributed by atoms with Crippen LogP contribution in [0, 0.1) is 0 Å². The van der Waals surface area contributed by atoms with Crippen LogP contribution in [-0.2, 0) is 0 Å². The lowest BCUT2D eigenvalue weighted by molar-refractivity contribution is 1.53. The highest BCUT2D eigenvalue weighted by Crippen LogP contribution is 2.33. The Balaban J connectivity index is 2.03. The summed E-state index contributed by atoms with van der Waals surface area (Å²) in [6.45, 7) is 0. The van der Waals surface area contributed by atoms with Crippen molar-refractivity contribution in [2.24, 2.45) is 5.73 Å². The third-order valence-corrected chi connectivity index (χ3v) is 4.27. The summed E-state index contributed by atoms with van der Waals surface area (Å²) in [4.78, 5) is 0.260. The number of nitrogens with one attached hydrogen (secondary N) is 1. The van der Waals surface area contributed by atoms with Gasteiger partial charge in [-0.1, -0.05) is 35.4 Å². The molecular formula is C13H8Cl2N4S2. The number of aromatic nitrogens is 2. The van der Waals surface area contributed by atoms with Crippen molar-refractivity contribution in [2.75, 3.05) is 5.32 Å². The summed E-state index contributed by atoms with van der Waals surface area (Å²) < 4.78 is 8.44. The van der Waals surface area contributed by atoms with Gasteiger partial charge in [-0.05, 0) is 30.3 Å². The average Bonchev–Trinajstić information content (AvgIpc) is 2.90. The average molecular weight is 355 g/mol. The van der Waals surface area contributed by atoms with Crippen molar-refractivity contribution in [1.29, 1.82) is 0 Å². The van der Waals surface area contributed by atoms with Crippen LogP contribution in [-0.4, -0.2) is 13.7 Å². The van der Waals surface area contributed by atoms with E-state index in [4.69, 9.17) is 41.2 Å². The van der Waals surface area contributed by atoms with Crippen molar-refractivity contribution >= 4 is 74.5 Å². The van der Waals surface area contributed by atoms with Crippen LogP contribution in [0.5, 0.6) is 0 Å². The van der Waals surface area contributed by atoms with Crippen molar-refractivity contribution in [3.63, 3.8) is 0 Å². The van der Waals surface area contributed by atoms with Crippen molar-refractivity contribution in [3.8, 4) is 0 Å². The Morgan fingerprint density at radius 1 is 1.14 bits per heavy atom. The summed E-state index contributed by atoms with van der Waals surface area (Å²) in [6, 6.07) is 8.94. The minimum atomic E-state index is 0.260. The van der Waals surface area contributed by atoms with Crippen LogP contribution < -0.4 is 11.1 Å². The molecule has 0 amide bonds. The second kappa shape index (κ2) is 5.73. The molecule has 0 spiro atoms. The molecule has 0 saturated carbocycles. The predicted octanol–water partition coefficient (Wildman–Crippen LogP) is 4.38. The number of rotatable bonds is 3. The number of fused-ring (bicyclic) bond motifs is 1. The highest BCUT2D eigenvalue weighted by molar-refractivity contribution is 7.80. The lowest BCUT2D eigenvalue weighted by atomic mass is 10.2. The molecule has 4 nitrogen and oxygen atoms in total. The lowest BCUT2D eigenvalue weighted by Crippen LogP contribution is -2.10. The van der Waals surface area contributed by atoms with E-state index < -0.39 is 0 Å². The fourth-order valence-electron chi connectivity index (χ4n) is 1.88. The molecule has 0 aliphatic carbocycles. The van der Waals surface area contributed by atoms with Crippen LogP contribution in [0.25, 0.3) is 11.0 Å². The number of anilines is 2. The molecule has 0 aliphatic rings. The molecule has 3 rings (SSSR count). The second-order valence-electron chi connectivity index (χ2n) is 4.24. The molecule has 8 heteroatoms. The molecule has 0 fully saturated rings. The van der Waals surface area contributed by atoms with Gasteiger partial charge in [0.05, 0.1) is 27.5 Å². The maximum absolute atomic E-state index is 6.23. The van der Waals surface area contributed by atoms with Crippen molar-refractivity contribution < 1.29 is 0 Å². The van der Waals surface area contributed by atoms with E-state index in [-0.39, 0.29) is 4.99 Å². The molecule has 0 unspecified atom stereocenters. The first-order valence-corrected chi connectivity index (χ1v) is 7.73. The fraction of sp³-hybridized carbons (Fsp3) is 0. The van der Waals surface area contributed by atoms with Gasteiger partial charge in [-0.3, -0.25) is 0 Å². The molecule has 3 N–H and O–H groups in total. The molecule has 0 radical (unpaired) electrons. The number of nitrogens with zero attached hydrogens (tertiary/aromatic N) is 2. The van der Waals surface area contributed by atoms with E-state index >= 15 is 0 Å². The van der Waals surface area contributed by atoms with Gasteiger partial charge < -0.3 is 11.1 Å². The lowest BCUT2D eigenvalue weighted by Gasteiger charge is -2.10. The maximum atomic E-state index is 6.23. The number of hydrogen-bond acceptors (Lipinski definition) is 5. The van der Waals surface area contributed by atoms with Gasteiger partial charge in [-0.2, -0.15) is 8.75 Å². The van der Waals surface area contributed by atoms with Crippen LogP contribution in [0.1, 0.15) is 5.56 Å². The SMILES string of the molecule is NC(=S)c1ccc(Nc2c(Cl)ccc3nsnc23)cc1Cl. The Morgan fingerprint density at radius 3 is 2.67 bits per heavy atom. The van der Waals surface area contributed by atoms with E-state index in [0.29, 0.717) is 21.3 Å². The summed E-state index contributed by atoms with van der Waals surface area (Å²) in [5.41, 5.74) is 9.20. The summed E-state index contributed by atoms with van der Waals surface area (Å²) in [5, 5.41) is 4.25. The maximum Gasteiger partial charge on any atom is 0.129 e. The van der Waals surface area contributed by atoms with E-state index in [1.165, 1.54) is 0 Å². The Labute approximate surface area is 140 Å². The summed E-state index contributed by atoms with van der Waals surface area (Å²) in [6.07, 6.45) is 0. The van der Waals surface area contributed by atoms with Gasteiger partial charge in [0.1, 0.15) is 16.0 Å². The fourth-order valence-corrected chi connectivity index (χ4v) is 3.14. The second-order valence-corrected chi connectivity index (χ2v) is 6.02. The quantitative estimate of drug-likeness (QED) is 0.683. The molecule has 1 heterocycles. The Hall–Kier alpha value is -1.47. The minimum Gasteiger partial charge on any atom is -0.389 e. The number of thiocarbonyl (C=S) groups is 1. The van der Waals surface area contributed by atoms with Crippen LogP contribution in [0.4, 0.5) is 11.4 Å². The predicted molar refractivity (Wildman–Crippen MR) is 93.0 cm³/mol. The first-order chi connectivity index (χ1) is 10.1. The number of hydrogen-bond donors (Lipinski definition) is 2. The van der Waals surface area contributed by atoms with E-state index in [1.807, 2.05) is 12.1 Å². The van der Waals surface area contributed by atoms with Crippen molar-refractivity contribution in [2.45, 2.75) is 0 Å². The molecule has 106 valence electrons. The summed E-state index contributed by atoms with van der Waals surface area (Å²) >= 11 is 18.5. The summed E-state index contributed by atoms with van der Waals surface area (Å²) in [5.74, 6) is 0. The van der Waals surface area contributed by atoms with E-state index in [9.17, 15) is 0 Å². The van der Waals surface area contributed by atoms with Crippen LogP contribution in [0.15, 0.2) is 30.3 Å². The van der Waals surface area contributed by atoms with Crippen molar-refractivity contribution in [1.82, 2.24) is 8.75 Å². The highest BCUT2D eigenvalue weighted by atomic mass is 35.5. The smallest absolute Gasteiger partial charge is 0.129 e. The van der Waals surface area contributed by atoms with Crippen molar-refractivity contribution in [3.05, 3.63) is 45.9 Å². The molecule has 21 heavy (non-hydrogen) atoms. The third-order valence-electron chi connectivity index (χ3n) is 2.88. The monoisotopic (exact) mass is 354 g/mol. The van der Waals surface area contributed by atoms with Gasteiger partial charge in [0, 0.05) is 11.3 Å². The minimum absolute atomic E-state index is 0.260. The topological polar surface area (TPSA) is 63.8 Å². The molecular weight excluding hydrogens is 347 g/mol. The van der Waals surface area contributed by atoms with Gasteiger partial charge in [0.2, 0.25) is 0 Å². The zero-order chi connectivity index (χ0) is 15.0. The Kier molecular flexibility index (Phi) is 3.95. The molecule has 0 aliphatic heterocycles. The molecule has 0 atom stereocenters. The van der Waals surface area contributed by atoms with E-state index in [1.54, 1.807) is 18.2 Å². The number of benzene rings is 2. The van der Waals surface area contributed by atoms with Gasteiger partial charge in [0.15, 0.2) is 0 Å². The van der Waals surface area contributed by atoms with Crippen LogP contribution in [0.3, 0.4) is 0 Å². The van der Waals surface area contributed by atoms with Crippen LogP contribution in [0.2, 0.25) is 10.0 Å². The highest BCUT2D eigenvalue weighted by Gasteiger charge is 2.11. The normalized spacial score (nSPS) is 10.8. The van der Waals surface area contributed by atoms with E-state index in [2.05, 4.69) is 14.1 Å². The Morgan fingerprint density at radius 2 is 1.95 bits per heavy atom. The van der Waals surface area contributed by atoms with Gasteiger partial charge in [0.25, 0.3) is 0 Å². The molecule has 2 aromatic carbocycles. The number of nitrogens with two attached hydrogens (primary N) is 1. The van der Waals surface area contributed by atoms with E-state index in [0.717, 1.165) is 28.4 Å². The standard InChI is InChI=1S/C13H8Cl2N4S2/c14-8-3-4-10-12(19-21-18-10)11(8)17-6-1-2-7(13(16)20)9(15)5-6/h1-5,17H,(H2,16,20). The van der Waals surface area contributed by atoms with Crippen LogP contribution >= 0.6 is 47.1 Å². The largest absolute Gasteiger partial charge is 0.389 e. The molecule has 0 bridgehead atoms. The first-order valence-electron chi connectivity index (χ1n) is 5.83. The molecule has 3 aromatic rings. The zero-order valence-corrected chi connectivity index (χ0v) is 13.6. The van der Waals surface area contributed by atoms with Gasteiger partial charge in [-0.15, -0.1) is 0 Å². The van der Waals surface area contributed by atoms with Gasteiger partial charge in [-0.25, -0.2) is 0 Å². The number of halogens is 2. The third kappa shape index (κ3) is 2.80. The zero-order valence-electron chi connectivity index (χ0n) is 10.4. The molecule has 0 saturated heterocycles. The first kappa shape index (κ1) is 14.5. The molecule has 1 aromatic heterocycles.